The Kier molecular flexibility index (Phi) is 4.94. The molecule has 26 heavy (non-hydrogen) atoms. The summed E-state index contributed by atoms with van der Waals surface area (Å²) in [5, 5.41) is 0.573. The number of carbonyl (C=O) groups is 1. The number of benzene rings is 1. The van der Waals surface area contributed by atoms with Crippen molar-refractivity contribution in [1.29, 1.82) is 0 Å². The molecule has 2 fully saturated rings. The first-order valence-electron chi connectivity index (χ1n) is 8.83. The third-order valence-electron chi connectivity index (χ3n) is 5.17. The van der Waals surface area contributed by atoms with Gasteiger partial charge in [-0.2, -0.15) is 0 Å². The van der Waals surface area contributed by atoms with Gasteiger partial charge in [-0.25, -0.2) is 0 Å². The molecular formula is C20H21ClN2O3. The van der Waals surface area contributed by atoms with Crippen LogP contribution in [0.2, 0.25) is 5.02 Å². The molecule has 136 valence electrons. The fourth-order valence-corrected chi connectivity index (χ4v) is 3.90. The first kappa shape index (κ1) is 17.5. The van der Waals surface area contributed by atoms with Crippen molar-refractivity contribution in [3.8, 4) is 0 Å². The highest BCUT2D eigenvalue weighted by atomic mass is 35.5. The van der Waals surface area contributed by atoms with E-state index in [0.29, 0.717) is 42.8 Å². The van der Waals surface area contributed by atoms with Gasteiger partial charge in [0, 0.05) is 29.3 Å². The summed E-state index contributed by atoms with van der Waals surface area (Å²) in [4.78, 5) is 18.7. The summed E-state index contributed by atoms with van der Waals surface area (Å²) in [5.74, 6) is 0.302. The number of hydrogen-bond donors (Lipinski definition) is 0. The number of nitrogens with zero attached hydrogens (tertiary/aromatic N) is 2. The normalized spacial score (nSPS) is 21.0. The molecule has 1 atom stereocenters. The number of aromatic nitrogens is 1. The third-order valence-corrected chi connectivity index (χ3v) is 5.41. The first-order chi connectivity index (χ1) is 12.7. The molecular weight excluding hydrogens is 352 g/mol. The zero-order valence-corrected chi connectivity index (χ0v) is 15.2. The maximum absolute atomic E-state index is 12.6. The highest BCUT2D eigenvalue weighted by Crippen LogP contribution is 2.40. The van der Waals surface area contributed by atoms with Crippen LogP contribution < -0.4 is 0 Å². The Morgan fingerprint density at radius 2 is 2.19 bits per heavy atom. The molecule has 0 saturated carbocycles. The quantitative estimate of drug-likeness (QED) is 0.808. The van der Waals surface area contributed by atoms with E-state index in [1.165, 1.54) is 0 Å². The highest BCUT2D eigenvalue weighted by molar-refractivity contribution is 6.30. The van der Waals surface area contributed by atoms with Gasteiger partial charge in [0.1, 0.15) is 5.60 Å². The minimum absolute atomic E-state index is 0.00165. The molecule has 1 aromatic heterocycles. The van der Waals surface area contributed by atoms with E-state index >= 15 is 0 Å². The van der Waals surface area contributed by atoms with Crippen molar-refractivity contribution in [3.63, 3.8) is 0 Å². The SMILES string of the molecule is O=C(c1cccc(Cl)c1)N1CC2(C1)OCC[C@H]2COCc1ccccn1. The van der Waals surface area contributed by atoms with Gasteiger partial charge in [-0.3, -0.25) is 9.78 Å². The predicted octanol–water partition coefficient (Wildman–Crippen LogP) is 3.18. The van der Waals surface area contributed by atoms with Gasteiger partial charge in [0.2, 0.25) is 0 Å². The minimum atomic E-state index is -0.266. The van der Waals surface area contributed by atoms with Crippen LogP contribution in [0.25, 0.3) is 0 Å². The van der Waals surface area contributed by atoms with E-state index in [0.717, 1.165) is 18.7 Å². The molecule has 5 nitrogen and oxygen atoms in total. The Balaban J connectivity index is 1.32. The second-order valence-electron chi connectivity index (χ2n) is 6.91. The Morgan fingerprint density at radius 1 is 1.31 bits per heavy atom. The molecule has 2 aromatic rings. The number of likely N-dealkylation sites (tertiary alicyclic amines) is 1. The molecule has 2 aliphatic rings. The lowest BCUT2D eigenvalue weighted by atomic mass is 9.81. The summed E-state index contributed by atoms with van der Waals surface area (Å²) in [7, 11) is 0. The summed E-state index contributed by atoms with van der Waals surface area (Å²) >= 11 is 5.99. The Bertz CT molecular complexity index is 778. The lowest BCUT2D eigenvalue weighted by Crippen LogP contribution is -2.66. The largest absolute Gasteiger partial charge is 0.375 e. The molecule has 0 unspecified atom stereocenters. The van der Waals surface area contributed by atoms with Gasteiger partial charge in [-0.1, -0.05) is 23.7 Å². The predicted molar refractivity (Wildman–Crippen MR) is 98.0 cm³/mol. The van der Waals surface area contributed by atoms with Crippen LogP contribution in [0.15, 0.2) is 48.7 Å². The smallest absolute Gasteiger partial charge is 0.254 e. The molecule has 0 N–H and O–H groups in total. The monoisotopic (exact) mass is 372 g/mol. The Hall–Kier alpha value is -1.95. The molecule has 0 aliphatic carbocycles. The van der Waals surface area contributed by atoms with Gasteiger partial charge in [0.15, 0.2) is 0 Å². The average molecular weight is 373 g/mol. The fraction of sp³-hybridized carbons (Fsp3) is 0.400. The van der Waals surface area contributed by atoms with Crippen LogP contribution in [-0.4, -0.2) is 47.7 Å². The van der Waals surface area contributed by atoms with Crippen molar-refractivity contribution in [2.24, 2.45) is 5.92 Å². The summed E-state index contributed by atoms with van der Waals surface area (Å²) in [6.45, 7) is 3.05. The zero-order chi connectivity index (χ0) is 18.0. The standard InChI is InChI=1S/C20H21ClN2O3/c21-17-5-3-4-15(10-17)19(24)23-13-20(14-23)16(7-9-26-20)11-25-12-18-6-1-2-8-22-18/h1-6,8,10,16H,7,9,11-14H2/t16-/m0/s1. The van der Waals surface area contributed by atoms with E-state index in [2.05, 4.69) is 4.98 Å². The maximum atomic E-state index is 12.6. The van der Waals surface area contributed by atoms with Crippen molar-refractivity contribution >= 4 is 17.5 Å². The number of halogens is 1. The van der Waals surface area contributed by atoms with E-state index in [1.807, 2.05) is 23.1 Å². The third kappa shape index (κ3) is 3.47. The van der Waals surface area contributed by atoms with Crippen molar-refractivity contribution in [2.75, 3.05) is 26.3 Å². The van der Waals surface area contributed by atoms with Gasteiger partial charge >= 0.3 is 0 Å². The van der Waals surface area contributed by atoms with E-state index in [-0.39, 0.29) is 11.5 Å². The average Bonchev–Trinajstić information content (AvgIpc) is 3.05. The Morgan fingerprint density at radius 3 is 2.96 bits per heavy atom. The number of rotatable bonds is 5. The van der Waals surface area contributed by atoms with Crippen molar-refractivity contribution in [1.82, 2.24) is 9.88 Å². The number of carbonyl (C=O) groups excluding carboxylic acids is 1. The molecule has 1 amide bonds. The molecule has 0 radical (unpaired) electrons. The highest BCUT2D eigenvalue weighted by Gasteiger charge is 2.54. The number of ether oxygens (including phenoxy) is 2. The van der Waals surface area contributed by atoms with Crippen molar-refractivity contribution in [3.05, 3.63) is 64.9 Å². The van der Waals surface area contributed by atoms with Gasteiger partial charge in [-0.15, -0.1) is 0 Å². The van der Waals surface area contributed by atoms with Gasteiger partial charge < -0.3 is 14.4 Å². The zero-order valence-electron chi connectivity index (χ0n) is 14.4. The van der Waals surface area contributed by atoms with E-state index in [9.17, 15) is 4.79 Å². The number of pyridine rings is 1. The van der Waals surface area contributed by atoms with Gasteiger partial charge in [-0.05, 0) is 36.8 Å². The first-order valence-corrected chi connectivity index (χ1v) is 9.20. The van der Waals surface area contributed by atoms with Crippen LogP contribution in [0, 0.1) is 5.92 Å². The fourth-order valence-electron chi connectivity index (χ4n) is 3.71. The molecule has 2 saturated heterocycles. The lowest BCUT2D eigenvalue weighted by molar-refractivity contribution is -0.129. The van der Waals surface area contributed by atoms with Gasteiger partial charge in [0.25, 0.3) is 5.91 Å². The number of hydrogen-bond acceptors (Lipinski definition) is 4. The molecule has 1 spiro atoms. The summed E-state index contributed by atoms with van der Waals surface area (Å²) in [6, 6.07) is 12.9. The maximum Gasteiger partial charge on any atom is 0.254 e. The number of amides is 1. The summed E-state index contributed by atoms with van der Waals surface area (Å²) in [6.07, 6.45) is 2.73. The molecule has 2 aliphatic heterocycles. The molecule has 3 heterocycles. The van der Waals surface area contributed by atoms with E-state index < -0.39 is 0 Å². The lowest BCUT2D eigenvalue weighted by Gasteiger charge is -2.50. The molecule has 6 heteroatoms. The van der Waals surface area contributed by atoms with Crippen LogP contribution >= 0.6 is 11.6 Å². The second kappa shape index (κ2) is 7.35. The minimum Gasteiger partial charge on any atom is -0.375 e. The molecule has 1 aromatic carbocycles. The Labute approximate surface area is 157 Å². The van der Waals surface area contributed by atoms with Crippen molar-refractivity contribution in [2.45, 2.75) is 18.6 Å². The second-order valence-corrected chi connectivity index (χ2v) is 7.34. The van der Waals surface area contributed by atoms with Crippen molar-refractivity contribution < 1.29 is 14.3 Å². The summed E-state index contributed by atoms with van der Waals surface area (Å²) in [5.41, 5.74) is 1.28. The van der Waals surface area contributed by atoms with E-state index in [1.54, 1.807) is 30.5 Å². The topological polar surface area (TPSA) is 51.7 Å². The molecule has 4 rings (SSSR count). The van der Waals surface area contributed by atoms with Crippen LogP contribution in [0.4, 0.5) is 0 Å². The summed E-state index contributed by atoms with van der Waals surface area (Å²) < 4.78 is 11.9. The van der Waals surface area contributed by atoms with Crippen LogP contribution in [0.1, 0.15) is 22.5 Å². The van der Waals surface area contributed by atoms with E-state index in [4.69, 9.17) is 21.1 Å². The molecule has 0 bridgehead atoms. The van der Waals surface area contributed by atoms with Crippen LogP contribution in [0.3, 0.4) is 0 Å². The van der Waals surface area contributed by atoms with Crippen LogP contribution in [-0.2, 0) is 16.1 Å². The van der Waals surface area contributed by atoms with Crippen LogP contribution in [0.5, 0.6) is 0 Å². The van der Waals surface area contributed by atoms with Gasteiger partial charge in [0.05, 0.1) is 32.0 Å².